The summed E-state index contributed by atoms with van der Waals surface area (Å²) in [6.07, 6.45) is 1.15. The first kappa shape index (κ1) is 24.7. The molecule has 2 aliphatic rings. The number of carbonyl (C=O) groups is 3. The number of nitrogens with one attached hydrogen (secondary N) is 2. The van der Waals surface area contributed by atoms with Crippen molar-refractivity contribution in [2.45, 2.75) is 44.2 Å². The summed E-state index contributed by atoms with van der Waals surface area (Å²) in [5.41, 5.74) is 3.49. The van der Waals surface area contributed by atoms with Crippen LogP contribution in [0.25, 0.3) is 11.1 Å². The maximum Gasteiger partial charge on any atom is 0.407 e. The van der Waals surface area contributed by atoms with Gasteiger partial charge in [0, 0.05) is 18.5 Å². The van der Waals surface area contributed by atoms with E-state index in [4.69, 9.17) is 4.74 Å². The van der Waals surface area contributed by atoms with E-state index < -0.39 is 35.5 Å². The minimum absolute atomic E-state index is 0.0796. The standard InChI is InChI=1S/C27H33N3O5/c1-27(25(32)33)14-8-13-23(27)29-24(31)22(15-30(2)3)28-26(34)35-16-21-19-11-6-4-9-17(19)18-10-5-7-12-20(18)21/h4-7,9-12,21-23H,8,13-16H2,1-3H3,(H,28,34)(H,29,31)(H,32,33). The first-order valence-electron chi connectivity index (χ1n) is 12.0. The molecule has 1 fully saturated rings. The van der Waals surface area contributed by atoms with Crippen LogP contribution in [0.15, 0.2) is 48.5 Å². The number of amides is 2. The van der Waals surface area contributed by atoms with Gasteiger partial charge in [0.15, 0.2) is 0 Å². The Morgan fingerprint density at radius 3 is 2.26 bits per heavy atom. The maximum absolute atomic E-state index is 13.1. The van der Waals surface area contributed by atoms with Gasteiger partial charge in [0.1, 0.15) is 12.6 Å². The number of nitrogens with zero attached hydrogens (tertiary/aromatic N) is 1. The number of carbonyl (C=O) groups excluding carboxylic acids is 2. The van der Waals surface area contributed by atoms with E-state index in [-0.39, 0.29) is 19.1 Å². The van der Waals surface area contributed by atoms with E-state index in [2.05, 4.69) is 22.8 Å². The normalized spacial score (nSPS) is 21.8. The molecule has 0 heterocycles. The van der Waals surface area contributed by atoms with Crippen molar-refractivity contribution in [1.82, 2.24) is 15.5 Å². The summed E-state index contributed by atoms with van der Waals surface area (Å²) in [7, 11) is 3.60. The molecular weight excluding hydrogens is 446 g/mol. The third kappa shape index (κ3) is 5.03. The highest BCUT2D eigenvalue weighted by molar-refractivity contribution is 5.87. The van der Waals surface area contributed by atoms with Gasteiger partial charge < -0.3 is 25.4 Å². The predicted octanol–water partition coefficient (Wildman–Crippen LogP) is 3.21. The second-order valence-corrected chi connectivity index (χ2v) is 9.96. The van der Waals surface area contributed by atoms with E-state index >= 15 is 0 Å². The van der Waals surface area contributed by atoms with Crippen molar-refractivity contribution in [2.75, 3.05) is 27.2 Å². The summed E-state index contributed by atoms with van der Waals surface area (Å²) in [4.78, 5) is 39.4. The first-order valence-corrected chi connectivity index (χ1v) is 12.0. The van der Waals surface area contributed by atoms with Gasteiger partial charge in [0.2, 0.25) is 5.91 Å². The highest BCUT2D eigenvalue weighted by atomic mass is 16.5. The van der Waals surface area contributed by atoms with E-state index in [0.29, 0.717) is 12.8 Å². The van der Waals surface area contributed by atoms with Gasteiger partial charge in [-0.2, -0.15) is 0 Å². The number of benzene rings is 2. The Labute approximate surface area is 205 Å². The van der Waals surface area contributed by atoms with Crippen molar-refractivity contribution < 1.29 is 24.2 Å². The number of aliphatic carboxylic acids is 1. The van der Waals surface area contributed by atoms with E-state index in [1.807, 2.05) is 36.4 Å². The van der Waals surface area contributed by atoms with Gasteiger partial charge in [-0.15, -0.1) is 0 Å². The molecule has 3 unspecified atom stereocenters. The van der Waals surface area contributed by atoms with Crippen molar-refractivity contribution in [1.29, 1.82) is 0 Å². The molecule has 0 aliphatic heterocycles. The van der Waals surface area contributed by atoms with Crippen LogP contribution in [0.5, 0.6) is 0 Å². The zero-order valence-corrected chi connectivity index (χ0v) is 20.4. The molecule has 1 saturated carbocycles. The SMILES string of the molecule is CN(C)CC(NC(=O)OCC1c2ccccc2-c2ccccc21)C(=O)NC1CCCC1(C)C(=O)O. The molecular formula is C27H33N3O5. The number of carboxylic acids is 1. The number of likely N-dealkylation sites (N-methyl/N-ethyl adjacent to an activating group) is 1. The molecule has 186 valence electrons. The third-order valence-corrected chi connectivity index (χ3v) is 7.26. The quantitative estimate of drug-likeness (QED) is 0.537. The number of rotatable bonds is 8. The number of alkyl carbamates (subject to hydrolysis) is 1. The van der Waals surface area contributed by atoms with E-state index in [0.717, 1.165) is 28.7 Å². The van der Waals surface area contributed by atoms with E-state index in [9.17, 15) is 19.5 Å². The van der Waals surface area contributed by atoms with Gasteiger partial charge in [0.05, 0.1) is 5.41 Å². The summed E-state index contributed by atoms with van der Waals surface area (Å²) < 4.78 is 5.61. The molecule has 0 aromatic heterocycles. The van der Waals surface area contributed by atoms with Crippen LogP contribution < -0.4 is 10.6 Å². The molecule has 3 N–H and O–H groups in total. The van der Waals surface area contributed by atoms with Crippen molar-refractivity contribution >= 4 is 18.0 Å². The summed E-state index contributed by atoms with van der Waals surface area (Å²) in [5, 5.41) is 15.2. The lowest BCUT2D eigenvalue weighted by Crippen LogP contribution is -2.56. The molecule has 0 bridgehead atoms. The smallest absolute Gasteiger partial charge is 0.407 e. The lowest BCUT2D eigenvalue weighted by Gasteiger charge is -2.30. The first-order chi connectivity index (χ1) is 16.7. The molecule has 2 aromatic rings. The summed E-state index contributed by atoms with van der Waals surface area (Å²) >= 11 is 0. The zero-order valence-electron chi connectivity index (χ0n) is 20.4. The van der Waals surface area contributed by atoms with Crippen LogP contribution in [-0.2, 0) is 14.3 Å². The van der Waals surface area contributed by atoms with Gasteiger partial charge >= 0.3 is 12.1 Å². The minimum atomic E-state index is -1.01. The molecule has 2 aromatic carbocycles. The van der Waals surface area contributed by atoms with Crippen LogP contribution >= 0.6 is 0 Å². The molecule has 0 saturated heterocycles. The second-order valence-electron chi connectivity index (χ2n) is 9.96. The van der Waals surface area contributed by atoms with Crippen molar-refractivity contribution in [2.24, 2.45) is 5.41 Å². The Balaban J connectivity index is 1.41. The zero-order chi connectivity index (χ0) is 25.2. The Morgan fingerprint density at radius 1 is 1.09 bits per heavy atom. The number of hydrogen-bond donors (Lipinski definition) is 3. The highest BCUT2D eigenvalue weighted by Gasteiger charge is 2.46. The average molecular weight is 480 g/mol. The molecule has 8 heteroatoms. The van der Waals surface area contributed by atoms with Crippen molar-refractivity contribution in [3.63, 3.8) is 0 Å². The Bertz CT molecular complexity index is 1070. The van der Waals surface area contributed by atoms with Gasteiger partial charge in [-0.3, -0.25) is 9.59 Å². The molecule has 35 heavy (non-hydrogen) atoms. The predicted molar refractivity (Wildman–Crippen MR) is 132 cm³/mol. The Hall–Kier alpha value is -3.39. The van der Waals surface area contributed by atoms with Gasteiger partial charge in [-0.1, -0.05) is 55.0 Å². The number of hydrogen-bond acceptors (Lipinski definition) is 5. The second kappa shape index (κ2) is 10.1. The average Bonchev–Trinajstić information content (AvgIpc) is 3.35. The fourth-order valence-corrected chi connectivity index (χ4v) is 5.27. The lowest BCUT2D eigenvalue weighted by molar-refractivity contribution is -0.149. The minimum Gasteiger partial charge on any atom is -0.481 e. The molecule has 2 amide bonds. The molecule has 8 nitrogen and oxygen atoms in total. The van der Waals surface area contributed by atoms with Crippen LogP contribution in [-0.4, -0.2) is 67.3 Å². The molecule has 0 radical (unpaired) electrons. The van der Waals surface area contributed by atoms with Crippen LogP contribution in [0.1, 0.15) is 43.2 Å². The fourth-order valence-electron chi connectivity index (χ4n) is 5.27. The fraction of sp³-hybridized carbons (Fsp3) is 0.444. The highest BCUT2D eigenvalue weighted by Crippen LogP contribution is 2.44. The van der Waals surface area contributed by atoms with Gasteiger partial charge in [-0.25, -0.2) is 4.79 Å². The van der Waals surface area contributed by atoms with Crippen LogP contribution in [0, 0.1) is 5.41 Å². The topological polar surface area (TPSA) is 108 Å². The van der Waals surface area contributed by atoms with Crippen LogP contribution in [0.3, 0.4) is 0 Å². The molecule has 2 aliphatic carbocycles. The van der Waals surface area contributed by atoms with Crippen molar-refractivity contribution in [3.8, 4) is 11.1 Å². The molecule has 3 atom stereocenters. The number of carboxylic acid groups (broad SMARTS) is 1. The summed E-state index contributed by atoms with van der Waals surface area (Å²) in [6, 6.07) is 14.8. The number of ether oxygens (including phenoxy) is 1. The Morgan fingerprint density at radius 2 is 1.69 bits per heavy atom. The summed E-state index contributed by atoms with van der Waals surface area (Å²) in [5.74, 6) is -1.41. The molecule has 0 spiro atoms. The van der Waals surface area contributed by atoms with E-state index in [1.54, 1.807) is 25.9 Å². The maximum atomic E-state index is 13.1. The van der Waals surface area contributed by atoms with Crippen LogP contribution in [0.2, 0.25) is 0 Å². The third-order valence-electron chi connectivity index (χ3n) is 7.26. The van der Waals surface area contributed by atoms with E-state index in [1.165, 1.54) is 0 Å². The largest absolute Gasteiger partial charge is 0.481 e. The van der Waals surface area contributed by atoms with Gasteiger partial charge in [0.25, 0.3) is 0 Å². The monoisotopic (exact) mass is 479 g/mol. The van der Waals surface area contributed by atoms with Crippen LogP contribution in [0.4, 0.5) is 4.79 Å². The summed E-state index contributed by atoms with van der Waals surface area (Å²) in [6.45, 7) is 2.07. The Kier molecular flexibility index (Phi) is 7.12. The lowest BCUT2D eigenvalue weighted by atomic mass is 9.85. The van der Waals surface area contributed by atoms with Crippen molar-refractivity contribution in [3.05, 3.63) is 59.7 Å². The van der Waals surface area contributed by atoms with Gasteiger partial charge in [-0.05, 0) is 56.1 Å². The number of fused-ring (bicyclic) bond motifs is 3. The molecule has 4 rings (SSSR count).